The number of para-hydroxylation sites is 1. The molecule has 3 aromatic carbocycles. The Morgan fingerprint density at radius 2 is 1.77 bits per heavy atom. The van der Waals surface area contributed by atoms with E-state index in [-0.39, 0.29) is 22.8 Å². The summed E-state index contributed by atoms with van der Waals surface area (Å²) in [5.41, 5.74) is 7.06. The van der Waals surface area contributed by atoms with Crippen molar-refractivity contribution in [3.63, 3.8) is 0 Å². The van der Waals surface area contributed by atoms with Crippen molar-refractivity contribution in [1.82, 2.24) is 0 Å². The van der Waals surface area contributed by atoms with Gasteiger partial charge in [0.25, 0.3) is 0 Å². The molecule has 0 aliphatic carbocycles. The number of nitrogens with zero attached hydrogens (tertiary/aromatic N) is 1. The minimum absolute atomic E-state index is 0.0690. The number of ether oxygens (including phenoxy) is 4. The Bertz CT molecular complexity index is 1710. The van der Waals surface area contributed by atoms with E-state index < -0.39 is 17.5 Å². The van der Waals surface area contributed by atoms with Crippen LogP contribution in [0.25, 0.3) is 11.0 Å². The molecule has 1 unspecified atom stereocenters. The van der Waals surface area contributed by atoms with Crippen LogP contribution in [0.5, 0.6) is 23.0 Å². The van der Waals surface area contributed by atoms with Gasteiger partial charge in [-0.25, -0.2) is 9.59 Å². The largest absolute Gasteiger partial charge is 0.490 e. The first-order valence-corrected chi connectivity index (χ1v) is 12.3. The molecule has 196 valence electrons. The Morgan fingerprint density at radius 1 is 1.00 bits per heavy atom. The highest BCUT2D eigenvalue weighted by Crippen LogP contribution is 2.45. The maximum atomic E-state index is 12.9. The number of hydrogen-bond acceptors (Lipinski definition) is 9. The summed E-state index contributed by atoms with van der Waals surface area (Å²) in [6, 6.07) is 20.6. The molecule has 9 nitrogen and oxygen atoms in total. The van der Waals surface area contributed by atoms with E-state index in [9.17, 15) is 14.9 Å². The quantitative estimate of drug-likeness (QED) is 0.201. The Balaban J connectivity index is 1.50. The Kier molecular flexibility index (Phi) is 6.93. The van der Waals surface area contributed by atoms with Crippen LogP contribution in [0.1, 0.15) is 41.3 Å². The molecule has 2 heterocycles. The zero-order valence-electron chi connectivity index (χ0n) is 21.2. The first kappa shape index (κ1) is 25.4. The zero-order valence-corrected chi connectivity index (χ0v) is 21.2. The summed E-state index contributed by atoms with van der Waals surface area (Å²) < 4.78 is 27.9. The monoisotopic (exact) mass is 524 g/mol. The van der Waals surface area contributed by atoms with Gasteiger partial charge in [0, 0.05) is 17.0 Å². The Hall–Kier alpha value is -5.23. The summed E-state index contributed by atoms with van der Waals surface area (Å²) in [6.45, 7) is 4.65. The van der Waals surface area contributed by atoms with Crippen LogP contribution in [0.15, 0.2) is 87.4 Å². The van der Waals surface area contributed by atoms with Crippen molar-refractivity contribution >= 4 is 16.9 Å². The number of carbonyl (C=O) groups is 1. The molecule has 1 aliphatic heterocycles. The van der Waals surface area contributed by atoms with E-state index in [0.717, 1.165) is 5.56 Å². The number of carbonyl (C=O) groups excluding carboxylic acids is 1. The third-order valence-corrected chi connectivity index (χ3v) is 6.16. The molecule has 0 fully saturated rings. The van der Waals surface area contributed by atoms with Crippen molar-refractivity contribution < 1.29 is 28.2 Å². The fourth-order valence-corrected chi connectivity index (χ4v) is 4.46. The van der Waals surface area contributed by atoms with Gasteiger partial charge in [-0.1, -0.05) is 30.3 Å². The van der Waals surface area contributed by atoms with Crippen LogP contribution in [0.2, 0.25) is 0 Å². The van der Waals surface area contributed by atoms with Gasteiger partial charge in [-0.05, 0) is 49.7 Å². The van der Waals surface area contributed by atoms with Crippen LogP contribution in [0.4, 0.5) is 0 Å². The van der Waals surface area contributed by atoms with E-state index in [1.54, 1.807) is 42.5 Å². The normalized spacial score (nSPS) is 14.2. The molecule has 1 aliphatic rings. The predicted molar refractivity (Wildman–Crippen MR) is 142 cm³/mol. The third-order valence-electron chi connectivity index (χ3n) is 6.16. The second-order valence-corrected chi connectivity index (χ2v) is 8.57. The summed E-state index contributed by atoms with van der Waals surface area (Å²) in [6.07, 6.45) is 0. The highest BCUT2D eigenvalue weighted by molar-refractivity contribution is 5.94. The van der Waals surface area contributed by atoms with E-state index in [0.29, 0.717) is 47.0 Å². The molecule has 0 radical (unpaired) electrons. The second-order valence-electron chi connectivity index (χ2n) is 8.57. The van der Waals surface area contributed by atoms with Crippen molar-refractivity contribution in [1.29, 1.82) is 5.26 Å². The molecule has 0 bridgehead atoms. The predicted octanol–water partition coefficient (Wildman–Crippen LogP) is 5.03. The highest BCUT2D eigenvalue weighted by Gasteiger charge is 2.32. The zero-order chi connectivity index (χ0) is 27.5. The van der Waals surface area contributed by atoms with Gasteiger partial charge in [-0.3, -0.25) is 0 Å². The molecular formula is C30H24N2O7. The van der Waals surface area contributed by atoms with Gasteiger partial charge in [0.1, 0.15) is 34.3 Å². The van der Waals surface area contributed by atoms with Gasteiger partial charge in [0.2, 0.25) is 5.88 Å². The molecule has 9 heteroatoms. The number of esters is 1. The van der Waals surface area contributed by atoms with Crippen LogP contribution in [0.3, 0.4) is 0 Å². The lowest BCUT2D eigenvalue weighted by atomic mass is 9.83. The maximum Gasteiger partial charge on any atom is 0.351 e. The van der Waals surface area contributed by atoms with Crippen LogP contribution in [-0.4, -0.2) is 19.2 Å². The van der Waals surface area contributed by atoms with Gasteiger partial charge >= 0.3 is 11.6 Å². The smallest absolute Gasteiger partial charge is 0.351 e. The molecule has 0 spiro atoms. The van der Waals surface area contributed by atoms with Crippen LogP contribution in [0, 0.1) is 11.3 Å². The number of nitriles is 1. The van der Waals surface area contributed by atoms with Crippen molar-refractivity contribution in [2.45, 2.75) is 19.8 Å². The standard InChI is InChI=1S/C30H24N2O7/c1-3-35-24-12-9-18(14-26(24)36-4-2)27-20-11-10-19(15-25(20)38-28(32)22(27)16-31)37-29(33)21-13-17-7-5-6-8-23(17)39-30(21)34/h5-15,27H,3-4,32H2,1-2H3. The number of rotatable bonds is 7. The third kappa shape index (κ3) is 4.88. The molecule has 0 saturated carbocycles. The van der Waals surface area contributed by atoms with E-state index in [1.165, 1.54) is 12.1 Å². The lowest BCUT2D eigenvalue weighted by Crippen LogP contribution is -2.22. The summed E-state index contributed by atoms with van der Waals surface area (Å²) in [7, 11) is 0. The van der Waals surface area contributed by atoms with E-state index in [4.69, 9.17) is 29.1 Å². The first-order chi connectivity index (χ1) is 18.9. The molecule has 0 saturated heterocycles. The number of allylic oxidation sites excluding steroid dienone is 1. The summed E-state index contributed by atoms with van der Waals surface area (Å²) in [5, 5.41) is 10.5. The molecular weight excluding hydrogens is 500 g/mol. The molecule has 5 rings (SSSR count). The minimum Gasteiger partial charge on any atom is -0.490 e. The van der Waals surface area contributed by atoms with E-state index in [2.05, 4.69) is 6.07 Å². The van der Waals surface area contributed by atoms with Crippen LogP contribution < -0.4 is 30.3 Å². The van der Waals surface area contributed by atoms with Crippen LogP contribution >= 0.6 is 0 Å². The number of fused-ring (bicyclic) bond motifs is 2. The van der Waals surface area contributed by atoms with Crippen molar-refractivity contribution in [2.24, 2.45) is 5.73 Å². The summed E-state index contributed by atoms with van der Waals surface area (Å²) in [4.78, 5) is 25.2. The van der Waals surface area contributed by atoms with Gasteiger partial charge in [-0.15, -0.1) is 0 Å². The Morgan fingerprint density at radius 3 is 2.54 bits per heavy atom. The van der Waals surface area contributed by atoms with Gasteiger partial charge in [0.15, 0.2) is 11.5 Å². The van der Waals surface area contributed by atoms with E-state index >= 15 is 0 Å². The molecule has 2 N–H and O–H groups in total. The summed E-state index contributed by atoms with van der Waals surface area (Å²) >= 11 is 0. The second kappa shape index (κ2) is 10.6. The fourth-order valence-electron chi connectivity index (χ4n) is 4.46. The average molecular weight is 525 g/mol. The van der Waals surface area contributed by atoms with Crippen molar-refractivity contribution in [3.05, 3.63) is 105 Å². The van der Waals surface area contributed by atoms with E-state index in [1.807, 2.05) is 26.0 Å². The SMILES string of the molecule is CCOc1ccc(C2C(C#N)=C(N)Oc3cc(OC(=O)c4cc5ccccc5oc4=O)ccc32)cc1OCC. The lowest BCUT2D eigenvalue weighted by Gasteiger charge is -2.27. The highest BCUT2D eigenvalue weighted by atomic mass is 16.5. The fraction of sp³-hybridized carbons (Fsp3) is 0.167. The Labute approximate surface area is 223 Å². The summed E-state index contributed by atoms with van der Waals surface area (Å²) in [5.74, 6) is 0.0493. The van der Waals surface area contributed by atoms with Crippen molar-refractivity contribution in [2.75, 3.05) is 13.2 Å². The first-order valence-electron chi connectivity index (χ1n) is 12.3. The number of benzene rings is 3. The molecule has 1 aromatic heterocycles. The topological polar surface area (TPSA) is 134 Å². The molecule has 4 aromatic rings. The minimum atomic E-state index is -0.879. The van der Waals surface area contributed by atoms with Gasteiger partial charge < -0.3 is 29.1 Å². The van der Waals surface area contributed by atoms with Crippen LogP contribution in [-0.2, 0) is 0 Å². The number of hydrogen-bond donors (Lipinski definition) is 1. The maximum absolute atomic E-state index is 12.9. The van der Waals surface area contributed by atoms with Gasteiger partial charge in [-0.2, -0.15) is 5.26 Å². The van der Waals surface area contributed by atoms with Gasteiger partial charge in [0.05, 0.1) is 19.1 Å². The average Bonchev–Trinajstić information content (AvgIpc) is 2.93. The number of nitrogens with two attached hydrogens (primary N) is 1. The van der Waals surface area contributed by atoms with Crippen molar-refractivity contribution in [3.8, 4) is 29.1 Å². The molecule has 1 atom stereocenters. The molecule has 39 heavy (non-hydrogen) atoms. The lowest BCUT2D eigenvalue weighted by molar-refractivity contribution is 0.0730. The molecule has 0 amide bonds.